The van der Waals surface area contributed by atoms with Crippen molar-refractivity contribution in [3.63, 3.8) is 0 Å². The van der Waals surface area contributed by atoms with Crippen molar-refractivity contribution < 1.29 is 19.4 Å². The number of nitrogens with zero attached hydrogens (tertiary/aromatic N) is 1. The zero-order chi connectivity index (χ0) is 19.3. The van der Waals surface area contributed by atoms with Crippen molar-refractivity contribution in [2.24, 2.45) is 5.92 Å². The molecule has 0 bridgehead atoms. The summed E-state index contributed by atoms with van der Waals surface area (Å²) in [6, 6.07) is 16.0. The van der Waals surface area contributed by atoms with Crippen LogP contribution in [0.15, 0.2) is 54.6 Å². The summed E-state index contributed by atoms with van der Waals surface area (Å²) < 4.78 is 11.6. The number of carbonyl (C=O) groups is 1. The van der Waals surface area contributed by atoms with E-state index >= 15 is 0 Å². The average molecular weight is 379 g/mol. The van der Waals surface area contributed by atoms with Gasteiger partial charge >= 0.3 is 5.97 Å². The molecule has 0 spiro atoms. The lowest BCUT2D eigenvalue weighted by molar-refractivity contribution is -0.143. The number of carboxylic acid groups (broad SMARTS) is 1. The largest absolute Gasteiger partial charge is 0.481 e. The summed E-state index contributed by atoms with van der Waals surface area (Å²) in [5.74, 6) is 0.700. The molecule has 2 heterocycles. The van der Waals surface area contributed by atoms with E-state index in [9.17, 15) is 9.90 Å². The van der Waals surface area contributed by atoms with Crippen LogP contribution < -0.4 is 9.47 Å². The SMILES string of the molecule is O=C(O)[C@@H]1CCCN(CCC=C2c3ccccc3OCOc3ccccc32)C1. The van der Waals surface area contributed by atoms with Crippen molar-refractivity contribution in [2.75, 3.05) is 26.4 Å². The number of fused-ring (bicyclic) bond motifs is 2. The number of likely N-dealkylation sites (tertiary alicyclic amines) is 1. The number of para-hydroxylation sites is 2. The highest BCUT2D eigenvalue weighted by Crippen LogP contribution is 2.37. The Kier molecular flexibility index (Phi) is 5.63. The van der Waals surface area contributed by atoms with Crippen LogP contribution in [0.25, 0.3) is 5.57 Å². The molecule has 146 valence electrons. The average Bonchev–Trinajstić information content (AvgIpc) is 2.71. The van der Waals surface area contributed by atoms with Crippen LogP contribution in [0.5, 0.6) is 11.5 Å². The van der Waals surface area contributed by atoms with Gasteiger partial charge in [-0.15, -0.1) is 0 Å². The summed E-state index contributed by atoms with van der Waals surface area (Å²) >= 11 is 0. The molecule has 1 N–H and O–H groups in total. The van der Waals surface area contributed by atoms with E-state index in [-0.39, 0.29) is 12.7 Å². The third kappa shape index (κ3) is 4.04. The molecule has 2 aromatic rings. The molecule has 28 heavy (non-hydrogen) atoms. The Morgan fingerprint density at radius 2 is 1.71 bits per heavy atom. The zero-order valence-corrected chi connectivity index (χ0v) is 15.8. The Bertz CT molecular complexity index is 827. The lowest BCUT2D eigenvalue weighted by atomic mass is 9.94. The van der Waals surface area contributed by atoms with Crippen molar-refractivity contribution in [1.82, 2.24) is 4.90 Å². The van der Waals surface area contributed by atoms with Gasteiger partial charge < -0.3 is 19.5 Å². The molecular weight excluding hydrogens is 354 g/mol. The number of rotatable bonds is 4. The molecule has 2 aromatic carbocycles. The van der Waals surface area contributed by atoms with E-state index in [2.05, 4.69) is 23.1 Å². The van der Waals surface area contributed by atoms with Gasteiger partial charge in [0, 0.05) is 24.2 Å². The first-order valence-corrected chi connectivity index (χ1v) is 9.82. The highest BCUT2D eigenvalue weighted by Gasteiger charge is 2.25. The Hall–Kier alpha value is -2.79. The van der Waals surface area contributed by atoms with E-state index in [1.807, 2.05) is 36.4 Å². The van der Waals surface area contributed by atoms with Gasteiger partial charge in [-0.25, -0.2) is 0 Å². The summed E-state index contributed by atoms with van der Waals surface area (Å²) in [6.45, 7) is 2.63. The number of hydrogen-bond donors (Lipinski definition) is 1. The molecular formula is C23H25NO4. The van der Waals surface area contributed by atoms with Gasteiger partial charge in [0.25, 0.3) is 0 Å². The van der Waals surface area contributed by atoms with Crippen molar-refractivity contribution in [2.45, 2.75) is 19.3 Å². The predicted octanol–water partition coefficient (Wildman–Crippen LogP) is 4.03. The molecule has 2 aliphatic rings. The van der Waals surface area contributed by atoms with Crippen molar-refractivity contribution in [3.05, 3.63) is 65.7 Å². The van der Waals surface area contributed by atoms with Crippen LogP contribution >= 0.6 is 0 Å². The smallest absolute Gasteiger partial charge is 0.307 e. The van der Waals surface area contributed by atoms with Gasteiger partial charge in [0.15, 0.2) is 0 Å². The lowest BCUT2D eigenvalue weighted by Gasteiger charge is -2.30. The molecule has 0 saturated carbocycles. The van der Waals surface area contributed by atoms with E-state index in [4.69, 9.17) is 9.47 Å². The molecule has 2 aliphatic heterocycles. The Balaban J connectivity index is 1.58. The third-order valence-corrected chi connectivity index (χ3v) is 5.43. The fraction of sp³-hybridized carbons (Fsp3) is 0.348. The van der Waals surface area contributed by atoms with Crippen LogP contribution in [0.4, 0.5) is 0 Å². The molecule has 1 atom stereocenters. The predicted molar refractivity (Wildman–Crippen MR) is 108 cm³/mol. The van der Waals surface area contributed by atoms with Crippen molar-refractivity contribution in [1.29, 1.82) is 0 Å². The third-order valence-electron chi connectivity index (χ3n) is 5.43. The van der Waals surface area contributed by atoms with Crippen LogP contribution in [-0.2, 0) is 4.79 Å². The fourth-order valence-electron chi connectivity index (χ4n) is 4.00. The number of hydrogen-bond acceptors (Lipinski definition) is 4. The summed E-state index contributed by atoms with van der Waals surface area (Å²) in [5.41, 5.74) is 3.21. The van der Waals surface area contributed by atoms with E-state index < -0.39 is 5.97 Å². The number of piperidine rings is 1. The standard InChI is InChI=1S/C23H25NO4/c25-23(26)17-7-5-13-24(15-17)14-6-10-18-19-8-1-3-11-21(19)27-16-28-22-12-4-2-9-20(18)22/h1-4,8-12,17H,5-7,13-16H2,(H,25,26)/t17-/m1/s1. The maximum absolute atomic E-state index is 11.3. The topological polar surface area (TPSA) is 59.0 Å². The molecule has 0 aromatic heterocycles. The maximum Gasteiger partial charge on any atom is 0.307 e. The first-order valence-electron chi connectivity index (χ1n) is 9.82. The minimum absolute atomic E-state index is 0.186. The van der Waals surface area contributed by atoms with Crippen LogP contribution in [0, 0.1) is 5.92 Å². The molecule has 5 heteroatoms. The normalized spacial score (nSPS) is 19.3. The highest BCUT2D eigenvalue weighted by molar-refractivity contribution is 5.85. The van der Waals surface area contributed by atoms with Crippen LogP contribution in [0.2, 0.25) is 0 Å². The van der Waals surface area contributed by atoms with Crippen LogP contribution in [-0.4, -0.2) is 42.4 Å². The first kappa shape index (κ1) is 18.6. The molecule has 0 amide bonds. The summed E-state index contributed by atoms with van der Waals surface area (Å²) in [7, 11) is 0. The number of aliphatic carboxylic acids is 1. The second kappa shape index (κ2) is 8.48. The second-order valence-electron chi connectivity index (χ2n) is 7.28. The Labute approximate surface area is 165 Å². The van der Waals surface area contributed by atoms with Gasteiger partial charge in [0.05, 0.1) is 5.92 Å². The van der Waals surface area contributed by atoms with Gasteiger partial charge in [-0.1, -0.05) is 42.5 Å². The van der Waals surface area contributed by atoms with E-state index in [0.717, 1.165) is 60.6 Å². The summed E-state index contributed by atoms with van der Waals surface area (Å²) in [5, 5.41) is 9.30. The van der Waals surface area contributed by atoms with Crippen molar-refractivity contribution >= 4 is 11.5 Å². The van der Waals surface area contributed by atoms with E-state index in [0.29, 0.717) is 6.54 Å². The quantitative estimate of drug-likeness (QED) is 0.869. The molecule has 0 aliphatic carbocycles. The molecule has 0 unspecified atom stereocenters. The van der Waals surface area contributed by atoms with Gasteiger partial charge in [0.2, 0.25) is 6.79 Å². The second-order valence-corrected chi connectivity index (χ2v) is 7.28. The lowest BCUT2D eigenvalue weighted by Crippen LogP contribution is -2.39. The summed E-state index contributed by atoms with van der Waals surface area (Å²) in [4.78, 5) is 13.6. The fourth-order valence-corrected chi connectivity index (χ4v) is 4.00. The molecule has 1 fully saturated rings. The van der Waals surface area contributed by atoms with Gasteiger partial charge in [-0.3, -0.25) is 4.79 Å². The minimum atomic E-state index is -0.680. The monoisotopic (exact) mass is 379 g/mol. The highest BCUT2D eigenvalue weighted by atomic mass is 16.7. The zero-order valence-electron chi connectivity index (χ0n) is 15.8. The number of carboxylic acids is 1. The van der Waals surface area contributed by atoms with E-state index in [1.165, 1.54) is 0 Å². The molecule has 0 radical (unpaired) electrons. The van der Waals surface area contributed by atoms with Crippen molar-refractivity contribution in [3.8, 4) is 11.5 Å². The Morgan fingerprint density at radius 1 is 1.07 bits per heavy atom. The summed E-state index contributed by atoms with van der Waals surface area (Å²) in [6.07, 6.45) is 4.79. The van der Waals surface area contributed by atoms with Gasteiger partial charge in [0.1, 0.15) is 11.5 Å². The first-order chi connectivity index (χ1) is 13.7. The van der Waals surface area contributed by atoms with Crippen LogP contribution in [0.3, 0.4) is 0 Å². The van der Waals surface area contributed by atoms with Gasteiger partial charge in [-0.05, 0) is 43.5 Å². The molecule has 4 rings (SSSR count). The molecule has 1 saturated heterocycles. The van der Waals surface area contributed by atoms with E-state index in [1.54, 1.807) is 0 Å². The number of ether oxygens (including phenoxy) is 2. The Morgan fingerprint density at radius 3 is 2.36 bits per heavy atom. The van der Waals surface area contributed by atoms with Crippen LogP contribution in [0.1, 0.15) is 30.4 Å². The van der Waals surface area contributed by atoms with Gasteiger partial charge in [-0.2, -0.15) is 0 Å². The minimum Gasteiger partial charge on any atom is -0.481 e. The molecule has 5 nitrogen and oxygen atoms in total. The maximum atomic E-state index is 11.3. The number of benzene rings is 2.